The maximum Gasteiger partial charge on any atom is 0.161 e. The summed E-state index contributed by atoms with van der Waals surface area (Å²) in [7, 11) is 1.57. The smallest absolute Gasteiger partial charge is 0.161 e. The Bertz CT molecular complexity index is 407. The first-order valence-electron chi connectivity index (χ1n) is 6.73. The molecule has 1 aromatic carbocycles. The van der Waals surface area contributed by atoms with Gasteiger partial charge in [0, 0.05) is 12.1 Å². The van der Waals surface area contributed by atoms with Crippen LogP contribution in [0, 0.1) is 0 Å². The molecule has 0 fully saturated rings. The van der Waals surface area contributed by atoms with Gasteiger partial charge in [0.1, 0.15) is 12.7 Å². The quantitative estimate of drug-likeness (QED) is 0.668. The number of aliphatic hydroxyl groups is 2. The van der Waals surface area contributed by atoms with Crippen LogP contribution >= 0.6 is 0 Å². The number of benzene rings is 1. The maximum absolute atomic E-state index is 9.91. The summed E-state index contributed by atoms with van der Waals surface area (Å²) in [4.78, 5) is 0. The lowest BCUT2D eigenvalue weighted by atomic mass is 9.99. The van der Waals surface area contributed by atoms with Gasteiger partial charge < -0.3 is 25.0 Å². The van der Waals surface area contributed by atoms with Crippen molar-refractivity contribution in [3.8, 4) is 11.5 Å². The molecule has 2 atom stereocenters. The Morgan fingerprint density at radius 2 is 1.80 bits per heavy atom. The molecule has 0 saturated carbocycles. The van der Waals surface area contributed by atoms with Gasteiger partial charge in [0.15, 0.2) is 11.5 Å². The van der Waals surface area contributed by atoms with Crippen LogP contribution in [0.15, 0.2) is 24.3 Å². The highest BCUT2D eigenvalue weighted by Crippen LogP contribution is 2.25. The number of hydrogen-bond acceptors (Lipinski definition) is 5. The molecule has 0 aliphatic carbocycles. The first-order valence-corrected chi connectivity index (χ1v) is 6.73. The van der Waals surface area contributed by atoms with Crippen LogP contribution in [0.5, 0.6) is 11.5 Å². The molecule has 0 saturated heterocycles. The second-order valence-electron chi connectivity index (χ2n) is 5.39. The molecule has 0 aliphatic rings. The minimum Gasteiger partial charge on any atom is -0.493 e. The van der Waals surface area contributed by atoms with Gasteiger partial charge in [-0.05, 0) is 32.9 Å². The number of methoxy groups -OCH3 is 1. The maximum atomic E-state index is 9.91. The van der Waals surface area contributed by atoms with Crippen molar-refractivity contribution in [3.63, 3.8) is 0 Å². The number of β-amino-alcohol motifs (C(OH)–C–C–N with tert-alkyl or cyclic N) is 1. The predicted octanol–water partition coefficient (Wildman–Crippen LogP) is 1.18. The molecule has 0 aromatic heterocycles. The van der Waals surface area contributed by atoms with Gasteiger partial charge in [0.25, 0.3) is 0 Å². The molecule has 3 N–H and O–H groups in total. The summed E-state index contributed by atoms with van der Waals surface area (Å²) in [5, 5.41) is 22.6. The molecule has 5 heteroatoms. The molecule has 1 rings (SSSR count). The molecule has 20 heavy (non-hydrogen) atoms. The number of nitrogens with one attached hydrogen (secondary N) is 1. The van der Waals surface area contributed by atoms with E-state index in [1.54, 1.807) is 26.2 Å². The Morgan fingerprint density at radius 3 is 2.35 bits per heavy atom. The lowest BCUT2D eigenvalue weighted by Gasteiger charge is -2.30. The van der Waals surface area contributed by atoms with Crippen LogP contribution in [0.2, 0.25) is 0 Å². The van der Waals surface area contributed by atoms with Gasteiger partial charge in [-0.3, -0.25) is 0 Å². The minimum absolute atomic E-state index is 0.156. The van der Waals surface area contributed by atoms with Crippen LogP contribution in [-0.4, -0.2) is 48.2 Å². The van der Waals surface area contributed by atoms with Gasteiger partial charge in [-0.1, -0.05) is 12.1 Å². The van der Waals surface area contributed by atoms with E-state index in [2.05, 4.69) is 5.32 Å². The molecule has 114 valence electrons. The van der Waals surface area contributed by atoms with Crippen LogP contribution in [0.25, 0.3) is 0 Å². The zero-order valence-electron chi connectivity index (χ0n) is 12.6. The molecule has 0 radical (unpaired) electrons. The standard InChI is InChI=1S/C15H25NO4/c1-11(17)15(2,3)16-9-12(18)10-20-14-8-6-5-7-13(14)19-4/h5-8,11-12,16-18H,9-10H2,1-4H3. The van der Waals surface area contributed by atoms with Crippen molar-refractivity contribution in [3.05, 3.63) is 24.3 Å². The van der Waals surface area contributed by atoms with Crippen molar-refractivity contribution in [1.29, 1.82) is 0 Å². The van der Waals surface area contributed by atoms with E-state index >= 15 is 0 Å². The molecule has 0 heterocycles. The monoisotopic (exact) mass is 283 g/mol. The van der Waals surface area contributed by atoms with Crippen molar-refractivity contribution in [2.24, 2.45) is 0 Å². The van der Waals surface area contributed by atoms with Crippen molar-refractivity contribution < 1.29 is 19.7 Å². The van der Waals surface area contributed by atoms with Gasteiger partial charge in [-0.2, -0.15) is 0 Å². The van der Waals surface area contributed by atoms with Crippen LogP contribution in [0.1, 0.15) is 20.8 Å². The van der Waals surface area contributed by atoms with Crippen molar-refractivity contribution in [2.45, 2.75) is 38.5 Å². The van der Waals surface area contributed by atoms with E-state index in [1.165, 1.54) is 0 Å². The van der Waals surface area contributed by atoms with E-state index in [-0.39, 0.29) is 6.61 Å². The van der Waals surface area contributed by atoms with E-state index in [1.807, 2.05) is 26.0 Å². The molecular weight excluding hydrogens is 258 g/mol. The van der Waals surface area contributed by atoms with Gasteiger partial charge in [0.05, 0.1) is 13.2 Å². The lowest BCUT2D eigenvalue weighted by Crippen LogP contribution is -2.51. The number of para-hydroxylation sites is 2. The molecule has 0 aliphatic heterocycles. The first kappa shape index (κ1) is 16.8. The second-order valence-corrected chi connectivity index (χ2v) is 5.39. The molecule has 1 aromatic rings. The van der Waals surface area contributed by atoms with Gasteiger partial charge in [-0.25, -0.2) is 0 Å². The highest BCUT2D eigenvalue weighted by molar-refractivity contribution is 5.39. The van der Waals surface area contributed by atoms with E-state index < -0.39 is 17.7 Å². The number of rotatable bonds is 8. The SMILES string of the molecule is COc1ccccc1OCC(O)CNC(C)(C)C(C)O. The third-order valence-corrected chi connectivity index (χ3v) is 3.34. The Hall–Kier alpha value is -1.30. The molecule has 0 spiro atoms. The van der Waals surface area contributed by atoms with Crippen LogP contribution in [0.4, 0.5) is 0 Å². The number of ether oxygens (including phenoxy) is 2. The highest BCUT2D eigenvalue weighted by Gasteiger charge is 2.24. The van der Waals surface area contributed by atoms with Gasteiger partial charge in [-0.15, -0.1) is 0 Å². The Labute approximate surface area is 120 Å². The molecule has 2 unspecified atom stereocenters. The van der Waals surface area contributed by atoms with E-state index in [0.29, 0.717) is 18.0 Å². The van der Waals surface area contributed by atoms with Crippen LogP contribution in [0.3, 0.4) is 0 Å². The Morgan fingerprint density at radius 1 is 1.20 bits per heavy atom. The fraction of sp³-hybridized carbons (Fsp3) is 0.600. The zero-order valence-corrected chi connectivity index (χ0v) is 12.6. The topological polar surface area (TPSA) is 71.0 Å². The average Bonchev–Trinajstić information content (AvgIpc) is 2.43. The second kappa shape index (κ2) is 7.47. The van der Waals surface area contributed by atoms with Crippen molar-refractivity contribution in [1.82, 2.24) is 5.32 Å². The van der Waals surface area contributed by atoms with Crippen LogP contribution in [-0.2, 0) is 0 Å². The van der Waals surface area contributed by atoms with Crippen molar-refractivity contribution >= 4 is 0 Å². The molecule has 5 nitrogen and oxygen atoms in total. The summed E-state index contributed by atoms with van der Waals surface area (Å²) in [6.07, 6.45) is -1.18. The fourth-order valence-electron chi connectivity index (χ4n) is 1.51. The third-order valence-electron chi connectivity index (χ3n) is 3.34. The van der Waals surface area contributed by atoms with Gasteiger partial charge >= 0.3 is 0 Å². The average molecular weight is 283 g/mol. The summed E-state index contributed by atoms with van der Waals surface area (Å²) in [6, 6.07) is 7.29. The number of aliphatic hydroxyl groups excluding tert-OH is 2. The summed E-state index contributed by atoms with van der Waals surface area (Å²) in [5.41, 5.74) is -0.453. The van der Waals surface area contributed by atoms with E-state index in [9.17, 15) is 10.2 Å². The van der Waals surface area contributed by atoms with Crippen LogP contribution < -0.4 is 14.8 Å². The minimum atomic E-state index is -0.669. The summed E-state index contributed by atoms with van der Waals surface area (Å²) < 4.78 is 10.7. The largest absolute Gasteiger partial charge is 0.493 e. The fourth-order valence-corrected chi connectivity index (χ4v) is 1.51. The lowest BCUT2D eigenvalue weighted by molar-refractivity contribution is 0.0643. The van der Waals surface area contributed by atoms with Crippen molar-refractivity contribution in [2.75, 3.05) is 20.3 Å². The molecule has 0 bridgehead atoms. The van der Waals surface area contributed by atoms with Gasteiger partial charge in [0.2, 0.25) is 0 Å². The Kier molecular flexibility index (Phi) is 6.26. The Balaban J connectivity index is 2.42. The summed E-state index contributed by atoms with van der Waals surface area (Å²) in [6.45, 7) is 5.97. The van der Waals surface area contributed by atoms with E-state index in [4.69, 9.17) is 9.47 Å². The normalized spacial score (nSPS) is 14.7. The predicted molar refractivity (Wildman–Crippen MR) is 78.3 cm³/mol. The van der Waals surface area contributed by atoms with E-state index in [0.717, 1.165) is 0 Å². The zero-order chi connectivity index (χ0) is 15.2. The number of hydrogen-bond donors (Lipinski definition) is 3. The highest BCUT2D eigenvalue weighted by atomic mass is 16.5. The molecular formula is C15H25NO4. The summed E-state index contributed by atoms with van der Waals surface area (Å²) in [5.74, 6) is 1.24. The summed E-state index contributed by atoms with van der Waals surface area (Å²) >= 11 is 0. The molecule has 0 amide bonds. The first-order chi connectivity index (χ1) is 9.36. The third kappa shape index (κ3) is 5.00.